The largest absolute Gasteiger partial charge is 0.212 e. The zero-order valence-electron chi connectivity index (χ0n) is 5.94. The Bertz CT molecular complexity index is 197. The Morgan fingerprint density at radius 1 is 1.20 bits per heavy atom. The first-order valence-corrected chi connectivity index (χ1v) is 3.91. The summed E-state index contributed by atoms with van der Waals surface area (Å²) in [6, 6.07) is 0. The van der Waals surface area contributed by atoms with E-state index in [-0.39, 0.29) is 5.83 Å². The van der Waals surface area contributed by atoms with Crippen LogP contribution in [0, 0.1) is 5.92 Å². The summed E-state index contributed by atoms with van der Waals surface area (Å²) >= 11 is 0. The maximum Gasteiger partial charge on any atom is 0.100 e. The second kappa shape index (κ2) is 2.22. The lowest BCUT2D eigenvalue weighted by molar-refractivity contribution is 0.576. The van der Waals surface area contributed by atoms with Crippen LogP contribution in [0.1, 0.15) is 25.7 Å². The van der Waals surface area contributed by atoms with E-state index in [1.54, 1.807) is 6.08 Å². The van der Waals surface area contributed by atoms with E-state index < -0.39 is 0 Å². The molecule has 1 saturated carbocycles. The Balaban J connectivity index is 2.09. The first-order chi connectivity index (χ1) is 4.86. The molecule has 1 heteroatoms. The van der Waals surface area contributed by atoms with Crippen molar-refractivity contribution in [1.29, 1.82) is 0 Å². The van der Waals surface area contributed by atoms with Crippen molar-refractivity contribution >= 4 is 0 Å². The predicted octanol–water partition coefficient (Wildman–Crippen LogP) is 2.97. The normalized spacial score (nSPS) is 25.7. The quantitative estimate of drug-likeness (QED) is 0.522. The molecular weight excluding hydrogens is 127 g/mol. The monoisotopic (exact) mass is 138 g/mol. The second-order valence-corrected chi connectivity index (χ2v) is 3.13. The molecule has 0 aromatic rings. The lowest BCUT2D eigenvalue weighted by Crippen LogP contribution is -1.91. The standard InChI is InChI=1S/C9H11F/c10-9-5-3-8(4-6-9)7-1-2-7/h3,5,7H,1-2,4,6H2. The van der Waals surface area contributed by atoms with Gasteiger partial charge in [-0.05, 0) is 31.3 Å². The summed E-state index contributed by atoms with van der Waals surface area (Å²) in [6.07, 6.45) is 7.87. The van der Waals surface area contributed by atoms with Gasteiger partial charge in [0.2, 0.25) is 0 Å². The van der Waals surface area contributed by atoms with Crippen molar-refractivity contribution in [3.8, 4) is 0 Å². The molecule has 2 aliphatic carbocycles. The molecule has 0 unspecified atom stereocenters. The topological polar surface area (TPSA) is 0 Å². The molecule has 0 nitrogen and oxygen atoms in total. The van der Waals surface area contributed by atoms with Crippen molar-refractivity contribution < 1.29 is 4.39 Å². The van der Waals surface area contributed by atoms with Gasteiger partial charge in [0.1, 0.15) is 5.83 Å². The van der Waals surface area contributed by atoms with Gasteiger partial charge >= 0.3 is 0 Å². The molecule has 10 heavy (non-hydrogen) atoms. The lowest BCUT2D eigenvalue weighted by atomic mass is 10.0. The van der Waals surface area contributed by atoms with Crippen LogP contribution >= 0.6 is 0 Å². The molecule has 0 aromatic heterocycles. The van der Waals surface area contributed by atoms with Crippen LogP contribution in [0.15, 0.2) is 23.6 Å². The van der Waals surface area contributed by atoms with Crippen molar-refractivity contribution in [3.05, 3.63) is 23.6 Å². The summed E-state index contributed by atoms with van der Waals surface area (Å²) in [4.78, 5) is 0. The van der Waals surface area contributed by atoms with Gasteiger partial charge in [-0.25, -0.2) is 4.39 Å². The molecule has 0 spiro atoms. The highest BCUT2D eigenvalue weighted by Gasteiger charge is 2.26. The van der Waals surface area contributed by atoms with Crippen molar-refractivity contribution in [2.45, 2.75) is 25.7 Å². The molecule has 0 aliphatic heterocycles. The minimum absolute atomic E-state index is 0.0457. The molecule has 2 rings (SSSR count). The third kappa shape index (κ3) is 1.13. The average molecular weight is 138 g/mol. The molecule has 0 aromatic carbocycles. The van der Waals surface area contributed by atoms with Gasteiger partial charge < -0.3 is 0 Å². The minimum Gasteiger partial charge on any atom is -0.212 e. The van der Waals surface area contributed by atoms with Crippen LogP contribution in [0.4, 0.5) is 4.39 Å². The van der Waals surface area contributed by atoms with E-state index >= 15 is 0 Å². The fourth-order valence-corrected chi connectivity index (χ4v) is 1.42. The average Bonchev–Trinajstić information content (AvgIpc) is 2.71. The van der Waals surface area contributed by atoms with E-state index in [4.69, 9.17) is 0 Å². The number of allylic oxidation sites excluding steroid dienone is 4. The highest BCUT2D eigenvalue weighted by atomic mass is 19.1. The molecule has 0 bridgehead atoms. The van der Waals surface area contributed by atoms with Crippen LogP contribution in [0.2, 0.25) is 0 Å². The molecule has 54 valence electrons. The Morgan fingerprint density at radius 3 is 2.50 bits per heavy atom. The summed E-state index contributed by atoms with van der Waals surface area (Å²) in [5.74, 6) is 0.869. The molecule has 0 saturated heterocycles. The Labute approximate surface area is 60.4 Å². The van der Waals surface area contributed by atoms with Crippen molar-refractivity contribution in [2.24, 2.45) is 5.92 Å². The molecule has 0 heterocycles. The first kappa shape index (κ1) is 6.14. The molecule has 0 amide bonds. The van der Waals surface area contributed by atoms with Crippen LogP contribution in [0.5, 0.6) is 0 Å². The number of halogens is 1. The predicted molar refractivity (Wildman–Crippen MR) is 39.2 cm³/mol. The van der Waals surface area contributed by atoms with Crippen LogP contribution in [-0.2, 0) is 0 Å². The maximum absolute atomic E-state index is 12.5. The Hall–Kier alpha value is -0.590. The van der Waals surface area contributed by atoms with Crippen molar-refractivity contribution in [1.82, 2.24) is 0 Å². The highest BCUT2D eigenvalue weighted by Crippen LogP contribution is 2.40. The van der Waals surface area contributed by atoms with Gasteiger partial charge in [-0.15, -0.1) is 0 Å². The van der Waals surface area contributed by atoms with Crippen molar-refractivity contribution in [3.63, 3.8) is 0 Å². The lowest BCUT2D eigenvalue weighted by Gasteiger charge is -2.07. The van der Waals surface area contributed by atoms with Gasteiger partial charge in [-0.1, -0.05) is 11.6 Å². The van der Waals surface area contributed by atoms with E-state index in [1.165, 1.54) is 18.4 Å². The zero-order valence-corrected chi connectivity index (χ0v) is 5.94. The second-order valence-electron chi connectivity index (χ2n) is 3.13. The van der Waals surface area contributed by atoms with Gasteiger partial charge in [0, 0.05) is 6.42 Å². The summed E-state index contributed by atoms with van der Waals surface area (Å²) in [5, 5.41) is 0. The van der Waals surface area contributed by atoms with E-state index in [1.807, 2.05) is 6.08 Å². The number of hydrogen-bond acceptors (Lipinski definition) is 0. The van der Waals surface area contributed by atoms with E-state index in [2.05, 4.69) is 0 Å². The molecule has 0 atom stereocenters. The summed E-state index contributed by atoms with van der Waals surface area (Å²) in [5.41, 5.74) is 1.47. The first-order valence-electron chi connectivity index (χ1n) is 3.91. The number of rotatable bonds is 1. The maximum atomic E-state index is 12.5. The van der Waals surface area contributed by atoms with E-state index in [9.17, 15) is 4.39 Å². The minimum atomic E-state index is 0.0457. The Kier molecular flexibility index (Phi) is 1.37. The molecule has 0 N–H and O–H groups in total. The summed E-state index contributed by atoms with van der Waals surface area (Å²) in [7, 11) is 0. The fraction of sp³-hybridized carbons (Fsp3) is 0.556. The van der Waals surface area contributed by atoms with Gasteiger partial charge in [0.15, 0.2) is 0 Å². The third-order valence-corrected chi connectivity index (χ3v) is 2.23. The van der Waals surface area contributed by atoms with E-state index in [0.29, 0.717) is 6.42 Å². The number of hydrogen-bond donors (Lipinski definition) is 0. The van der Waals surface area contributed by atoms with Gasteiger partial charge in [0.05, 0.1) is 0 Å². The molecule has 1 fully saturated rings. The van der Waals surface area contributed by atoms with Crippen LogP contribution < -0.4 is 0 Å². The highest BCUT2D eigenvalue weighted by molar-refractivity contribution is 5.24. The fourth-order valence-electron chi connectivity index (χ4n) is 1.42. The summed E-state index contributed by atoms with van der Waals surface area (Å²) in [6.45, 7) is 0. The van der Waals surface area contributed by atoms with Crippen LogP contribution in [0.3, 0.4) is 0 Å². The SMILES string of the molecule is FC1=CC=C(C2CC2)CC1. The van der Waals surface area contributed by atoms with Crippen LogP contribution in [-0.4, -0.2) is 0 Å². The van der Waals surface area contributed by atoms with Crippen molar-refractivity contribution in [2.75, 3.05) is 0 Å². The molecular formula is C9H11F. The third-order valence-electron chi connectivity index (χ3n) is 2.23. The Morgan fingerprint density at radius 2 is 2.00 bits per heavy atom. The molecule has 0 radical (unpaired) electrons. The molecule has 2 aliphatic rings. The van der Waals surface area contributed by atoms with E-state index in [0.717, 1.165) is 12.3 Å². The smallest absolute Gasteiger partial charge is 0.100 e. The van der Waals surface area contributed by atoms with Gasteiger partial charge in [-0.2, -0.15) is 0 Å². The summed E-state index contributed by atoms with van der Waals surface area (Å²) < 4.78 is 12.5. The van der Waals surface area contributed by atoms with Gasteiger partial charge in [0.25, 0.3) is 0 Å². The zero-order chi connectivity index (χ0) is 6.97. The van der Waals surface area contributed by atoms with Gasteiger partial charge in [-0.3, -0.25) is 0 Å². The van der Waals surface area contributed by atoms with Crippen LogP contribution in [0.25, 0.3) is 0 Å².